The first-order valence-corrected chi connectivity index (χ1v) is 4.26. The van der Waals surface area contributed by atoms with Crippen LogP contribution in [0.3, 0.4) is 0 Å². The standard InChI is InChI=1S/C9H14O2/c1-9(11-2)5-6-3-4-7(9)8(6)10/h6-7H,3-5H2,1-2H3/t6-,7-,9+/m0/s1. The van der Waals surface area contributed by atoms with E-state index in [9.17, 15) is 4.79 Å². The predicted octanol–water partition coefficient (Wildman–Crippen LogP) is 1.39. The number of Topliss-reactive ketones (excluding diaryl/α,β-unsaturated/α-hetero) is 1. The van der Waals surface area contributed by atoms with Crippen molar-refractivity contribution < 1.29 is 9.53 Å². The molecule has 0 aromatic carbocycles. The summed E-state index contributed by atoms with van der Waals surface area (Å²) in [6.07, 6.45) is 3.10. The van der Waals surface area contributed by atoms with E-state index in [4.69, 9.17) is 4.74 Å². The molecular weight excluding hydrogens is 140 g/mol. The van der Waals surface area contributed by atoms with Gasteiger partial charge in [0.05, 0.1) is 5.60 Å². The topological polar surface area (TPSA) is 26.3 Å². The van der Waals surface area contributed by atoms with E-state index in [1.54, 1.807) is 7.11 Å². The van der Waals surface area contributed by atoms with Crippen LogP contribution in [-0.2, 0) is 9.53 Å². The van der Waals surface area contributed by atoms with Crippen molar-refractivity contribution in [2.45, 2.75) is 31.8 Å². The van der Waals surface area contributed by atoms with Crippen molar-refractivity contribution in [3.8, 4) is 0 Å². The molecule has 62 valence electrons. The normalized spacial score (nSPS) is 48.7. The van der Waals surface area contributed by atoms with Crippen LogP contribution in [0.4, 0.5) is 0 Å². The molecule has 0 N–H and O–H groups in total. The molecule has 2 heteroatoms. The molecule has 0 unspecified atom stereocenters. The van der Waals surface area contributed by atoms with Gasteiger partial charge in [-0.3, -0.25) is 4.79 Å². The van der Waals surface area contributed by atoms with Gasteiger partial charge >= 0.3 is 0 Å². The zero-order chi connectivity index (χ0) is 8.06. The van der Waals surface area contributed by atoms with Gasteiger partial charge in [0, 0.05) is 18.9 Å². The molecule has 0 amide bonds. The average molecular weight is 154 g/mol. The molecule has 0 aromatic rings. The van der Waals surface area contributed by atoms with Gasteiger partial charge in [0.2, 0.25) is 0 Å². The maximum absolute atomic E-state index is 11.5. The first-order chi connectivity index (χ1) is 5.17. The van der Waals surface area contributed by atoms with Crippen molar-refractivity contribution in [2.24, 2.45) is 11.8 Å². The second kappa shape index (κ2) is 2.07. The molecular formula is C9H14O2. The molecule has 0 spiro atoms. The molecule has 2 fully saturated rings. The van der Waals surface area contributed by atoms with Gasteiger partial charge in [-0.25, -0.2) is 0 Å². The molecule has 0 radical (unpaired) electrons. The lowest BCUT2D eigenvalue weighted by Gasteiger charge is -2.30. The molecule has 11 heavy (non-hydrogen) atoms. The second-order valence-electron chi connectivity index (χ2n) is 3.95. The third kappa shape index (κ3) is 0.791. The first-order valence-electron chi connectivity index (χ1n) is 4.26. The molecule has 0 saturated heterocycles. The Bertz CT molecular complexity index is 200. The molecule has 2 aliphatic carbocycles. The molecule has 2 nitrogen and oxygen atoms in total. The first kappa shape index (κ1) is 7.29. The largest absolute Gasteiger partial charge is 0.378 e. The SMILES string of the molecule is CO[C@]1(C)C[C@@H]2CC[C@H]1C2=O. The van der Waals surface area contributed by atoms with Crippen LogP contribution in [-0.4, -0.2) is 18.5 Å². The number of hydrogen-bond acceptors (Lipinski definition) is 2. The van der Waals surface area contributed by atoms with Gasteiger partial charge in [0.25, 0.3) is 0 Å². The van der Waals surface area contributed by atoms with Gasteiger partial charge in [0.1, 0.15) is 5.78 Å². The van der Waals surface area contributed by atoms with E-state index in [0.717, 1.165) is 19.3 Å². The summed E-state index contributed by atoms with van der Waals surface area (Å²) in [5.74, 6) is 0.983. The Balaban J connectivity index is 2.27. The number of carbonyl (C=O) groups is 1. The Morgan fingerprint density at radius 3 is 2.55 bits per heavy atom. The molecule has 3 atom stereocenters. The van der Waals surface area contributed by atoms with Crippen LogP contribution in [0, 0.1) is 11.8 Å². The zero-order valence-corrected chi connectivity index (χ0v) is 7.09. The minimum absolute atomic E-state index is 0.125. The molecule has 2 aliphatic rings. The van der Waals surface area contributed by atoms with Crippen LogP contribution in [0.15, 0.2) is 0 Å². The van der Waals surface area contributed by atoms with Gasteiger partial charge in [-0.15, -0.1) is 0 Å². The van der Waals surface area contributed by atoms with Crippen molar-refractivity contribution in [1.29, 1.82) is 0 Å². The molecule has 2 bridgehead atoms. The van der Waals surface area contributed by atoms with E-state index in [1.165, 1.54) is 0 Å². The summed E-state index contributed by atoms with van der Waals surface area (Å²) in [4.78, 5) is 11.5. The molecule has 0 aromatic heterocycles. The number of ether oxygens (including phenoxy) is 1. The molecule has 2 rings (SSSR count). The van der Waals surface area contributed by atoms with E-state index in [0.29, 0.717) is 11.7 Å². The number of hydrogen-bond donors (Lipinski definition) is 0. The Kier molecular flexibility index (Phi) is 1.37. The monoisotopic (exact) mass is 154 g/mol. The fourth-order valence-electron chi connectivity index (χ4n) is 2.60. The summed E-state index contributed by atoms with van der Waals surface area (Å²) in [5.41, 5.74) is -0.125. The maximum Gasteiger partial charge on any atom is 0.142 e. The lowest BCUT2D eigenvalue weighted by Crippen LogP contribution is -2.34. The number of fused-ring (bicyclic) bond motifs is 2. The van der Waals surface area contributed by atoms with E-state index in [-0.39, 0.29) is 11.5 Å². The fourth-order valence-corrected chi connectivity index (χ4v) is 2.60. The highest BCUT2D eigenvalue weighted by Crippen LogP contribution is 2.49. The smallest absolute Gasteiger partial charge is 0.142 e. The Labute approximate surface area is 66.9 Å². The van der Waals surface area contributed by atoms with Crippen LogP contribution < -0.4 is 0 Å². The molecule has 0 aliphatic heterocycles. The van der Waals surface area contributed by atoms with Crippen molar-refractivity contribution in [3.05, 3.63) is 0 Å². The number of ketones is 1. The summed E-state index contributed by atoms with van der Waals surface area (Å²) < 4.78 is 5.38. The summed E-state index contributed by atoms with van der Waals surface area (Å²) >= 11 is 0. The van der Waals surface area contributed by atoms with Crippen LogP contribution in [0.1, 0.15) is 26.2 Å². The summed E-state index contributed by atoms with van der Waals surface area (Å²) in [6, 6.07) is 0. The van der Waals surface area contributed by atoms with E-state index in [1.807, 2.05) is 0 Å². The van der Waals surface area contributed by atoms with E-state index in [2.05, 4.69) is 6.92 Å². The summed E-state index contributed by atoms with van der Waals surface area (Å²) in [5, 5.41) is 0. The van der Waals surface area contributed by atoms with Gasteiger partial charge < -0.3 is 4.74 Å². The summed E-state index contributed by atoms with van der Waals surface area (Å²) in [7, 11) is 1.72. The molecule has 2 saturated carbocycles. The van der Waals surface area contributed by atoms with Crippen molar-refractivity contribution in [2.75, 3.05) is 7.11 Å². The van der Waals surface area contributed by atoms with Crippen molar-refractivity contribution >= 4 is 5.78 Å². The third-order valence-corrected chi connectivity index (χ3v) is 3.40. The van der Waals surface area contributed by atoms with Crippen LogP contribution in [0.5, 0.6) is 0 Å². The Hall–Kier alpha value is -0.370. The minimum Gasteiger partial charge on any atom is -0.378 e. The lowest BCUT2D eigenvalue weighted by atomic mass is 9.86. The Morgan fingerprint density at radius 2 is 2.27 bits per heavy atom. The van der Waals surface area contributed by atoms with Gasteiger partial charge in [-0.05, 0) is 26.2 Å². The predicted molar refractivity (Wildman–Crippen MR) is 41.3 cm³/mol. The third-order valence-electron chi connectivity index (χ3n) is 3.40. The van der Waals surface area contributed by atoms with Crippen molar-refractivity contribution in [3.63, 3.8) is 0 Å². The van der Waals surface area contributed by atoms with Crippen LogP contribution >= 0.6 is 0 Å². The highest BCUT2D eigenvalue weighted by Gasteiger charge is 2.54. The highest BCUT2D eigenvalue weighted by molar-refractivity contribution is 5.89. The fraction of sp³-hybridized carbons (Fsp3) is 0.889. The minimum atomic E-state index is -0.125. The Morgan fingerprint density at radius 1 is 1.55 bits per heavy atom. The van der Waals surface area contributed by atoms with E-state index >= 15 is 0 Å². The number of carbonyl (C=O) groups excluding carboxylic acids is 1. The second-order valence-corrected chi connectivity index (χ2v) is 3.95. The average Bonchev–Trinajstić information content (AvgIpc) is 2.44. The maximum atomic E-state index is 11.5. The van der Waals surface area contributed by atoms with Crippen LogP contribution in [0.2, 0.25) is 0 Å². The quantitative estimate of drug-likeness (QED) is 0.570. The molecule has 0 heterocycles. The number of methoxy groups -OCH3 is 1. The van der Waals surface area contributed by atoms with E-state index < -0.39 is 0 Å². The highest BCUT2D eigenvalue weighted by atomic mass is 16.5. The van der Waals surface area contributed by atoms with Crippen LogP contribution in [0.25, 0.3) is 0 Å². The van der Waals surface area contributed by atoms with Crippen molar-refractivity contribution in [1.82, 2.24) is 0 Å². The van der Waals surface area contributed by atoms with Gasteiger partial charge in [-0.1, -0.05) is 0 Å². The number of rotatable bonds is 1. The summed E-state index contributed by atoms with van der Waals surface area (Å²) in [6.45, 7) is 2.06. The lowest BCUT2D eigenvalue weighted by molar-refractivity contribution is -0.124. The zero-order valence-electron chi connectivity index (χ0n) is 7.09. The van der Waals surface area contributed by atoms with Gasteiger partial charge in [0.15, 0.2) is 0 Å². The van der Waals surface area contributed by atoms with Gasteiger partial charge in [-0.2, -0.15) is 0 Å².